The Kier molecular flexibility index (Phi) is 2.18. The molecule has 0 fully saturated rings. The largest absolute Gasteiger partial charge is 0.207 e. The molecule has 0 atom stereocenters. The van der Waals surface area contributed by atoms with E-state index >= 15 is 0 Å². The molecule has 0 nitrogen and oxygen atoms in total. The molecule has 0 aromatic heterocycles. The summed E-state index contributed by atoms with van der Waals surface area (Å²) in [7, 11) is 0. The Hall–Kier alpha value is -0.370. The number of hydrogen-bond acceptors (Lipinski definition) is 0. The van der Waals surface area contributed by atoms with E-state index in [0.29, 0.717) is 0 Å². The lowest BCUT2D eigenvalue weighted by Crippen LogP contribution is -1.91. The van der Waals surface area contributed by atoms with Crippen molar-refractivity contribution in [3.05, 3.63) is 34.6 Å². The van der Waals surface area contributed by atoms with Crippen molar-refractivity contribution < 1.29 is 4.39 Å². The van der Waals surface area contributed by atoms with Crippen LogP contribution in [0.5, 0.6) is 0 Å². The topological polar surface area (TPSA) is 0 Å². The molecule has 0 unspecified atom stereocenters. The minimum atomic E-state index is -0.0144. The van der Waals surface area contributed by atoms with E-state index in [0.717, 1.165) is 35.7 Å². The zero-order chi connectivity index (χ0) is 8.55. The fourth-order valence-electron chi connectivity index (χ4n) is 1.79. The van der Waals surface area contributed by atoms with Crippen LogP contribution in [-0.4, -0.2) is 0 Å². The number of rotatable bonds is 1. The van der Waals surface area contributed by atoms with Gasteiger partial charge in [-0.05, 0) is 42.0 Å². The number of aryl methyl sites for hydroxylation is 1. The molecule has 64 valence electrons. The first-order valence-corrected chi connectivity index (χ1v) is 5.29. The van der Waals surface area contributed by atoms with Crippen LogP contribution in [0.3, 0.4) is 0 Å². The summed E-state index contributed by atoms with van der Waals surface area (Å²) >= 11 is 3.33. The van der Waals surface area contributed by atoms with Gasteiger partial charge in [-0.3, -0.25) is 0 Å². The quantitative estimate of drug-likeness (QED) is 0.648. The highest BCUT2D eigenvalue weighted by molar-refractivity contribution is 9.08. The van der Waals surface area contributed by atoms with Crippen LogP contribution < -0.4 is 0 Å². The van der Waals surface area contributed by atoms with Crippen LogP contribution in [0, 0.1) is 5.82 Å². The van der Waals surface area contributed by atoms with E-state index in [2.05, 4.69) is 22.0 Å². The third-order valence-electron chi connectivity index (χ3n) is 2.37. The summed E-state index contributed by atoms with van der Waals surface area (Å²) in [6.07, 6.45) is 3.08. The molecule has 0 spiro atoms. The highest BCUT2D eigenvalue weighted by Crippen LogP contribution is 2.26. The normalized spacial score (nSPS) is 14.8. The minimum Gasteiger partial charge on any atom is -0.207 e. The second-order valence-corrected chi connectivity index (χ2v) is 3.76. The Bertz CT molecular complexity index is 307. The molecule has 2 rings (SSSR count). The monoisotopic (exact) mass is 228 g/mol. The molecule has 1 aliphatic rings. The van der Waals surface area contributed by atoms with Crippen molar-refractivity contribution in [2.45, 2.75) is 24.6 Å². The number of halogens is 2. The lowest BCUT2D eigenvalue weighted by Gasteiger charge is -2.03. The van der Waals surface area contributed by atoms with Crippen LogP contribution in [0.25, 0.3) is 0 Å². The van der Waals surface area contributed by atoms with Crippen LogP contribution >= 0.6 is 15.9 Å². The van der Waals surface area contributed by atoms with E-state index in [4.69, 9.17) is 0 Å². The summed E-state index contributed by atoms with van der Waals surface area (Å²) in [5.41, 5.74) is 3.21. The van der Waals surface area contributed by atoms with E-state index in [1.807, 2.05) is 0 Å². The number of benzene rings is 1. The Balaban J connectivity index is 2.51. The lowest BCUT2D eigenvalue weighted by atomic mass is 10.1. The van der Waals surface area contributed by atoms with Crippen molar-refractivity contribution in [3.63, 3.8) is 0 Å². The van der Waals surface area contributed by atoms with Gasteiger partial charge < -0.3 is 0 Å². The molecular formula is C10H10BrF. The van der Waals surface area contributed by atoms with E-state index < -0.39 is 0 Å². The Morgan fingerprint density at radius 1 is 1.33 bits per heavy atom. The van der Waals surface area contributed by atoms with Crippen molar-refractivity contribution in [3.8, 4) is 0 Å². The number of fused-ring (bicyclic) bond motifs is 1. The van der Waals surface area contributed by atoms with Crippen molar-refractivity contribution in [2.75, 3.05) is 0 Å². The van der Waals surface area contributed by atoms with Gasteiger partial charge in [-0.2, -0.15) is 0 Å². The van der Waals surface area contributed by atoms with Gasteiger partial charge >= 0.3 is 0 Å². The van der Waals surface area contributed by atoms with Gasteiger partial charge in [0.1, 0.15) is 5.82 Å². The summed E-state index contributed by atoms with van der Waals surface area (Å²) in [5.74, 6) is -0.0144. The van der Waals surface area contributed by atoms with Crippen molar-refractivity contribution in [2.24, 2.45) is 0 Å². The van der Waals surface area contributed by atoms with Crippen LogP contribution in [-0.2, 0) is 18.2 Å². The minimum absolute atomic E-state index is 0.0144. The zero-order valence-electron chi connectivity index (χ0n) is 6.74. The maximum atomic E-state index is 13.3. The molecule has 0 radical (unpaired) electrons. The van der Waals surface area contributed by atoms with E-state index in [9.17, 15) is 4.39 Å². The highest BCUT2D eigenvalue weighted by Gasteiger charge is 2.15. The molecule has 0 saturated heterocycles. The predicted octanol–water partition coefficient (Wildman–Crippen LogP) is 3.21. The first-order valence-electron chi connectivity index (χ1n) is 4.17. The molecule has 0 bridgehead atoms. The summed E-state index contributed by atoms with van der Waals surface area (Å²) in [5, 5.41) is 0.747. The van der Waals surface area contributed by atoms with Crippen LogP contribution in [0.15, 0.2) is 12.1 Å². The average Bonchev–Trinajstić information content (AvgIpc) is 2.52. The van der Waals surface area contributed by atoms with Crippen molar-refractivity contribution in [1.29, 1.82) is 0 Å². The molecular weight excluding hydrogens is 219 g/mol. The average molecular weight is 229 g/mol. The van der Waals surface area contributed by atoms with Crippen LogP contribution in [0.2, 0.25) is 0 Å². The first-order chi connectivity index (χ1) is 5.81. The summed E-state index contributed by atoms with van der Waals surface area (Å²) in [6, 6.07) is 3.75. The Morgan fingerprint density at radius 2 is 2.17 bits per heavy atom. The van der Waals surface area contributed by atoms with Gasteiger partial charge in [0, 0.05) is 5.33 Å². The molecule has 2 heteroatoms. The summed E-state index contributed by atoms with van der Waals surface area (Å²) < 4.78 is 13.3. The summed E-state index contributed by atoms with van der Waals surface area (Å²) in [6.45, 7) is 0. The van der Waals surface area contributed by atoms with Gasteiger partial charge in [0.2, 0.25) is 0 Å². The van der Waals surface area contributed by atoms with Gasteiger partial charge in [0.15, 0.2) is 0 Å². The van der Waals surface area contributed by atoms with Gasteiger partial charge in [-0.25, -0.2) is 4.39 Å². The SMILES string of the molecule is Fc1cc(CBr)cc2c1CCC2. The maximum Gasteiger partial charge on any atom is 0.126 e. The first kappa shape index (κ1) is 8.24. The second-order valence-electron chi connectivity index (χ2n) is 3.20. The fraction of sp³-hybridized carbons (Fsp3) is 0.400. The van der Waals surface area contributed by atoms with Crippen LogP contribution in [0.4, 0.5) is 4.39 Å². The standard InChI is InChI=1S/C10H10BrF/c11-6-7-4-8-2-1-3-9(8)10(12)5-7/h4-5H,1-3,6H2. The maximum absolute atomic E-state index is 13.3. The lowest BCUT2D eigenvalue weighted by molar-refractivity contribution is 0.611. The predicted molar refractivity (Wildman–Crippen MR) is 51.1 cm³/mol. The molecule has 0 N–H and O–H groups in total. The van der Waals surface area contributed by atoms with Crippen molar-refractivity contribution in [1.82, 2.24) is 0 Å². The molecule has 12 heavy (non-hydrogen) atoms. The molecule has 0 amide bonds. The van der Waals surface area contributed by atoms with E-state index in [1.54, 1.807) is 6.07 Å². The molecule has 0 saturated carbocycles. The number of hydrogen-bond donors (Lipinski definition) is 0. The van der Waals surface area contributed by atoms with Crippen LogP contribution in [0.1, 0.15) is 23.1 Å². The van der Waals surface area contributed by atoms with Gasteiger partial charge in [0.05, 0.1) is 0 Å². The molecule has 1 aliphatic carbocycles. The molecule has 0 heterocycles. The van der Waals surface area contributed by atoms with Crippen molar-refractivity contribution >= 4 is 15.9 Å². The smallest absolute Gasteiger partial charge is 0.126 e. The second kappa shape index (κ2) is 3.17. The fourth-order valence-corrected chi connectivity index (χ4v) is 2.12. The Morgan fingerprint density at radius 3 is 2.92 bits per heavy atom. The highest BCUT2D eigenvalue weighted by atomic mass is 79.9. The molecule has 1 aromatic rings. The number of alkyl halides is 1. The van der Waals surface area contributed by atoms with Gasteiger partial charge in [-0.1, -0.05) is 22.0 Å². The summed E-state index contributed by atoms with van der Waals surface area (Å²) in [4.78, 5) is 0. The van der Waals surface area contributed by atoms with Gasteiger partial charge in [0.25, 0.3) is 0 Å². The van der Waals surface area contributed by atoms with Gasteiger partial charge in [-0.15, -0.1) is 0 Å². The van der Waals surface area contributed by atoms with E-state index in [-0.39, 0.29) is 5.82 Å². The third kappa shape index (κ3) is 1.28. The molecule has 1 aromatic carbocycles. The zero-order valence-corrected chi connectivity index (χ0v) is 8.33. The molecule has 0 aliphatic heterocycles. The Labute approximate surface area is 79.9 Å². The third-order valence-corrected chi connectivity index (χ3v) is 3.02. The van der Waals surface area contributed by atoms with E-state index in [1.165, 1.54) is 5.56 Å².